The Morgan fingerprint density at radius 1 is 1.16 bits per heavy atom. The van der Waals surface area contributed by atoms with Crippen molar-refractivity contribution < 1.29 is 14.3 Å². The van der Waals surface area contributed by atoms with Gasteiger partial charge in [0.25, 0.3) is 5.56 Å². The maximum atomic E-state index is 13.4. The lowest BCUT2D eigenvalue weighted by atomic mass is 9.90. The molecular weight excluding hydrogens is 397 g/mol. The predicted molar refractivity (Wildman–Crippen MR) is 116 cm³/mol. The first-order valence-corrected chi connectivity index (χ1v) is 10.6. The predicted octanol–water partition coefficient (Wildman–Crippen LogP) is 2.69. The Morgan fingerprint density at radius 3 is 2.61 bits per heavy atom. The number of nitrogens with zero attached hydrogens (tertiary/aromatic N) is 3. The number of aryl methyl sites for hydroxylation is 1. The fourth-order valence-corrected chi connectivity index (χ4v) is 4.21. The molecule has 7 heteroatoms. The number of hydrogen-bond acceptors (Lipinski definition) is 4. The van der Waals surface area contributed by atoms with Crippen LogP contribution < -0.4 is 5.56 Å². The van der Waals surface area contributed by atoms with Crippen molar-refractivity contribution in [2.24, 2.45) is 0 Å². The third-order valence-electron chi connectivity index (χ3n) is 6.00. The Morgan fingerprint density at radius 2 is 1.90 bits per heavy atom. The van der Waals surface area contributed by atoms with Crippen LogP contribution in [-0.4, -0.2) is 44.2 Å². The SMILES string of the molecule is CCc1nc2ccccc2c(=O)n1CC1(O)CCN(C(=O)Cc2cccc(F)c2)CC1. The Balaban J connectivity index is 1.47. The van der Waals surface area contributed by atoms with Gasteiger partial charge in [0.1, 0.15) is 11.6 Å². The van der Waals surface area contributed by atoms with Crippen molar-refractivity contribution in [3.05, 3.63) is 76.1 Å². The van der Waals surface area contributed by atoms with E-state index in [0.717, 1.165) is 0 Å². The number of benzene rings is 2. The zero-order valence-corrected chi connectivity index (χ0v) is 17.6. The molecule has 0 unspecified atom stereocenters. The summed E-state index contributed by atoms with van der Waals surface area (Å²) in [5.41, 5.74) is 0.0473. The van der Waals surface area contributed by atoms with Gasteiger partial charge in [0.2, 0.25) is 5.91 Å². The van der Waals surface area contributed by atoms with Gasteiger partial charge >= 0.3 is 0 Å². The van der Waals surface area contributed by atoms with E-state index in [9.17, 15) is 19.1 Å². The van der Waals surface area contributed by atoms with Crippen molar-refractivity contribution in [1.82, 2.24) is 14.5 Å². The lowest BCUT2D eigenvalue weighted by molar-refractivity contribution is -0.135. The van der Waals surface area contributed by atoms with Gasteiger partial charge in [-0.05, 0) is 42.7 Å². The van der Waals surface area contributed by atoms with Crippen LogP contribution in [0.1, 0.15) is 31.2 Å². The van der Waals surface area contributed by atoms with E-state index in [2.05, 4.69) is 4.98 Å². The van der Waals surface area contributed by atoms with Gasteiger partial charge in [-0.3, -0.25) is 14.2 Å². The van der Waals surface area contributed by atoms with Crippen LogP contribution in [-0.2, 0) is 24.2 Å². The number of aromatic nitrogens is 2. The molecule has 1 saturated heterocycles. The fraction of sp³-hybridized carbons (Fsp3) is 0.375. The summed E-state index contributed by atoms with van der Waals surface area (Å²) in [4.78, 5) is 32.0. The van der Waals surface area contributed by atoms with Gasteiger partial charge in [-0.15, -0.1) is 0 Å². The minimum absolute atomic E-state index is 0.0913. The van der Waals surface area contributed by atoms with Gasteiger partial charge in [-0.1, -0.05) is 31.2 Å². The van der Waals surface area contributed by atoms with Crippen molar-refractivity contribution >= 4 is 16.8 Å². The van der Waals surface area contributed by atoms with E-state index in [1.54, 1.807) is 33.7 Å². The average Bonchev–Trinajstić information content (AvgIpc) is 2.76. The quantitative estimate of drug-likeness (QED) is 0.685. The molecule has 2 heterocycles. The molecule has 1 fully saturated rings. The fourth-order valence-electron chi connectivity index (χ4n) is 4.21. The van der Waals surface area contributed by atoms with E-state index in [1.807, 2.05) is 19.1 Å². The largest absolute Gasteiger partial charge is 0.388 e. The Kier molecular flexibility index (Phi) is 5.87. The summed E-state index contributed by atoms with van der Waals surface area (Å²) < 4.78 is 14.9. The molecule has 2 aromatic carbocycles. The van der Waals surface area contributed by atoms with Crippen LogP contribution >= 0.6 is 0 Å². The number of para-hydroxylation sites is 1. The summed E-state index contributed by atoms with van der Waals surface area (Å²) in [7, 11) is 0. The van der Waals surface area contributed by atoms with Crippen LogP contribution in [0.2, 0.25) is 0 Å². The summed E-state index contributed by atoms with van der Waals surface area (Å²) in [5, 5.41) is 11.7. The van der Waals surface area contributed by atoms with Crippen LogP contribution in [0.5, 0.6) is 0 Å². The van der Waals surface area contributed by atoms with E-state index in [-0.39, 0.29) is 30.2 Å². The molecule has 1 aromatic heterocycles. The second-order valence-electron chi connectivity index (χ2n) is 8.20. The molecule has 4 rings (SSSR count). The summed E-state index contributed by atoms with van der Waals surface area (Å²) >= 11 is 0. The Labute approximate surface area is 180 Å². The minimum Gasteiger partial charge on any atom is -0.388 e. The molecule has 0 saturated carbocycles. The number of rotatable bonds is 5. The molecule has 6 nitrogen and oxygen atoms in total. The molecule has 0 aliphatic carbocycles. The molecule has 1 aliphatic heterocycles. The Hall–Kier alpha value is -3.06. The Bertz CT molecular complexity index is 1170. The number of likely N-dealkylation sites (tertiary alicyclic amines) is 1. The second-order valence-corrected chi connectivity index (χ2v) is 8.20. The first kappa shape index (κ1) is 21.2. The maximum Gasteiger partial charge on any atom is 0.261 e. The molecule has 0 bridgehead atoms. The van der Waals surface area contributed by atoms with Gasteiger partial charge in [-0.2, -0.15) is 0 Å². The molecule has 1 N–H and O–H groups in total. The molecule has 31 heavy (non-hydrogen) atoms. The van der Waals surface area contributed by atoms with Crippen molar-refractivity contribution in [1.29, 1.82) is 0 Å². The van der Waals surface area contributed by atoms with Gasteiger partial charge < -0.3 is 10.0 Å². The van der Waals surface area contributed by atoms with Crippen LogP contribution in [0.25, 0.3) is 10.9 Å². The molecule has 162 valence electrons. The first-order valence-electron chi connectivity index (χ1n) is 10.6. The van der Waals surface area contributed by atoms with Crippen molar-refractivity contribution in [2.75, 3.05) is 13.1 Å². The molecule has 0 atom stereocenters. The van der Waals surface area contributed by atoms with Crippen molar-refractivity contribution in [2.45, 2.75) is 44.8 Å². The highest BCUT2D eigenvalue weighted by atomic mass is 19.1. The number of halogens is 1. The number of carbonyl (C=O) groups excluding carboxylic acids is 1. The standard InChI is InChI=1S/C24H26FN3O3/c1-2-21-26-20-9-4-3-8-19(20)23(30)28(21)16-24(31)10-12-27(13-11-24)22(29)15-17-6-5-7-18(25)14-17/h3-9,14,31H,2,10-13,15-16H2,1H3. The monoisotopic (exact) mass is 423 g/mol. The number of fused-ring (bicyclic) bond motifs is 1. The molecule has 1 aliphatic rings. The van der Waals surface area contributed by atoms with Crippen LogP contribution in [0.3, 0.4) is 0 Å². The normalized spacial score (nSPS) is 15.9. The number of carbonyl (C=O) groups is 1. The van der Waals surface area contributed by atoms with E-state index < -0.39 is 5.60 Å². The summed E-state index contributed by atoms with van der Waals surface area (Å²) in [6.07, 6.45) is 1.44. The molecule has 1 amide bonds. The zero-order chi connectivity index (χ0) is 22.0. The minimum atomic E-state index is -1.09. The van der Waals surface area contributed by atoms with Crippen molar-refractivity contribution in [3.8, 4) is 0 Å². The number of aliphatic hydroxyl groups is 1. The van der Waals surface area contributed by atoms with E-state index >= 15 is 0 Å². The highest BCUT2D eigenvalue weighted by molar-refractivity contribution is 5.79. The summed E-state index contributed by atoms with van der Waals surface area (Å²) in [6, 6.07) is 13.3. The lowest BCUT2D eigenvalue weighted by Gasteiger charge is -2.38. The maximum absolute atomic E-state index is 13.4. The van der Waals surface area contributed by atoms with E-state index in [4.69, 9.17) is 0 Å². The second kappa shape index (κ2) is 8.59. The number of hydrogen-bond donors (Lipinski definition) is 1. The smallest absolute Gasteiger partial charge is 0.261 e. The summed E-state index contributed by atoms with van der Waals surface area (Å²) in [6.45, 7) is 2.87. The van der Waals surface area contributed by atoms with Crippen LogP contribution in [0.15, 0.2) is 53.3 Å². The van der Waals surface area contributed by atoms with E-state index in [0.29, 0.717) is 54.6 Å². The highest BCUT2D eigenvalue weighted by Crippen LogP contribution is 2.25. The third-order valence-corrected chi connectivity index (χ3v) is 6.00. The average molecular weight is 423 g/mol. The third kappa shape index (κ3) is 4.51. The van der Waals surface area contributed by atoms with Gasteiger partial charge in [-0.25, -0.2) is 9.37 Å². The van der Waals surface area contributed by atoms with E-state index in [1.165, 1.54) is 12.1 Å². The van der Waals surface area contributed by atoms with Crippen LogP contribution in [0, 0.1) is 5.82 Å². The zero-order valence-electron chi connectivity index (χ0n) is 17.6. The highest BCUT2D eigenvalue weighted by Gasteiger charge is 2.35. The topological polar surface area (TPSA) is 75.4 Å². The molecule has 0 radical (unpaired) electrons. The molecular formula is C24H26FN3O3. The molecule has 0 spiro atoms. The van der Waals surface area contributed by atoms with Crippen LogP contribution in [0.4, 0.5) is 4.39 Å². The number of piperidine rings is 1. The van der Waals surface area contributed by atoms with Crippen molar-refractivity contribution in [3.63, 3.8) is 0 Å². The van der Waals surface area contributed by atoms with Gasteiger partial charge in [0.15, 0.2) is 0 Å². The first-order chi connectivity index (χ1) is 14.9. The lowest BCUT2D eigenvalue weighted by Crippen LogP contribution is -2.50. The molecule has 3 aromatic rings. The van der Waals surface area contributed by atoms with Gasteiger partial charge in [0.05, 0.1) is 29.5 Å². The summed E-state index contributed by atoms with van der Waals surface area (Å²) in [5.74, 6) is 0.188. The van der Waals surface area contributed by atoms with Gasteiger partial charge in [0, 0.05) is 19.5 Å². The number of amides is 1.